The van der Waals surface area contributed by atoms with Crippen molar-refractivity contribution in [2.45, 2.75) is 33.2 Å². The van der Waals surface area contributed by atoms with E-state index in [2.05, 4.69) is 26.1 Å². The van der Waals surface area contributed by atoms with Crippen LogP contribution in [-0.2, 0) is 0 Å². The molecule has 0 aromatic heterocycles. The van der Waals surface area contributed by atoms with Crippen LogP contribution in [-0.4, -0.2) is 11.9 Å². The molecule has 0 spiro atoms. The maximum Gasteiger partial charge on any atom is 0.250 e. The zero-order chi connectivity index (χ0) is 13.0. The number of nitrogen functional groups attached to an aromatic ring is 1. The lowest BCUT2D eigenvalue weighted by Gasteiger charge is -2.24. The van der Waals surface area contributed by atoms with Crippen LogP contribution >= 0.6 is 0 Å². The van der Waals surface area contributed by atoms with Crippen molar-refractivity contribution < 1.29 is 4.79 Å². The molecule has 1 aromatic carbocycles. The van der Waals surface area contributed by atoms with Gasteiger partial charge in [0.25, 0.3) is 5.91 Å². The van der Waals surface area contributed by atoms with Crippen LogP contribution in [0.25, 0.3) is 0 Å². The van der Waals surface area contributed by atoms with Crippen LogP contribution in [0.3, 0.4) is 0 Å². The second kappa shape index (κ2) is 5.57. The topological polar surface area (TPSA) is 81.1 Å². The first-order valence-electron chi connectivity index (χ1n) is 5.92. The maximum absolute atomic E-state index is 11.3. The Labute approximate surface area is 102 Å². The molecule has 0 radical (unpaired) electrons. The molecule has 1 unspecified atom stereocenters. The summed E-state index contributed by atoms with van der Waals surface area (Å²) in [6.45, 7) is 6.36. The molecule has 1 amide bonds. The lowest BCUT2D eigenvalue weighted by molar-refractivity contribution is 0.100. The molecule has 0 saturated heterocycles. The van der Waals surface area contributed by atoms with Gasteiger partial charge in [0.2, 0.25) is 0 Å². The molecule has 0 saturated carbocycles. The molecule has 5 N–H and O–H groups in total. The van der Waals surface area contributed by atoms with E-state index in [9.17, 15) is 4.79 Å². The van der Waals surface area contributed by atoms with Gasteiger partial charge in [-0.3, -0.25) is 4.79 Å². The smallest absolute Gasteiger partial charge is 0.250 e. The Balaban J connectivity index is 3.07. The highest BCUT2D eigenvalue weighted by Crippen LogP contribution is 2.26. The number of primary amides is 1. The van der Waals surface area contributed by atoms with E-state index in [1.54, 1.807) is 18.2 Å². The molecule has 1 rings (SSSR count). The molecule has 4 nitrogen and oxygen atoms in total. The third kappa shape index (κ3) is 3.12. The van der Waals surface area contributed by atoms with Gasteiger partial charge in [0.15, 0.2) is 0 Å². The van der Waals surface area contributed by atoms with E-state index in [0.29, 0.717) is 22.9 Å². The molecule has 0 aliphatic rings. The van der Waals surface area contributed by atoms with E-state index >= 15 is 0 Å². The van der Waals surface area contributed by atoms with Crippen LogP contribution < -0.4 is 16.8 Å². The first kappa shape index (κ1) is 13.4. The van der Waals surface area contributed by atoms with Crippen LogP contribution in [0.4, 0.5) is 11.4 Å². The fraction of sp³-hybridized carbons (Fsp3) is 0.462. The molecule has 4 heteroatoms. The van der Waals surface area contributed by atoms with Crippen LogP contribution in [0.2, 0.25) is 0 Å². The number of anilines is 2. The first-order valence-corrected chi connectivity index (χ1v) is 5.92. The third-order valence-electron chi connectivity index (χ3n) is 2.94. The van der Waals surface area contributed by atoms with Gasteiger partial charge in [0.1, 0.15) is 0 Å². The summed E-state index contributed by atoms with van der Waals surface area (Å²) in [5, 5.41) is 3.32. The molecule has 0 bridgehead atoms. The van der Waals surface area contributed by atoms with E-state index < -0.39 is 5.91 Å². The standard InChI is InChI=1S/C13H21N3O/c1-4-11(8(2)3)16-12-9(13(15)17)6-5-7-10(12)14/h5-8,11,16H,4,14H2,1-3H3,(H2,15,17). The van der Waals surface area contributed by atoms with Crippen molar-refractivity contribution >= 4 is 17.3 Å². The number of para-hydroxylation sites is 1. The van der Waals surface area contributed by atoms with Crippen molar-refractivity contribution in [3.05, 3.63) is 23.8 Å². The molecule has 1 aromatic rings. The summed E-state index contributed by atoms with van der Waals surface area (Å²) in [4.78, 5) is 11.3. The van der Waals surface area contributed by atoms with Crippen LogP contribution in [0.15, 0.2) is 18.2 Å². The second-order valence-corrected chi connectivity index (χ2v) is 4.54. The van der Waals surface area contributed by atoms with Crippen molar-refractivity contribution in [1.29, 1.82) is 0 Å². The van der Waals surface area contributed by atoms with Crippen LogP contribution in [0, 0.1) is 5.92 Å². The largest absolute Gasteiger partial charge is 0.397 e. The Morgan fingerprint density at radius 1 is 1.41 bits per heavy atom. The van der Waals surface area contributed by atoms with Crippen LogP contribution in [0.5, 0.6) is 0 Å². The average molecular weight is 235 g/mol. The minimum Gasteiger partial charge on any atom is -0.397 e. The van der Waals surface area contributed by atoms with E-state index in [1.807, 2.05) is 0 Å². The number of hydrogen-bond donors (Lipinski definition) is 3. The molecular weight excluding hydrogens is 214 g/mol. The lowest BCUT2D eigenvalue weighted by atomic mass is 10.0. The minimum absolute atomic E-state index is 0.276. The first-order chi connectivity index (χ1) is 7.97. The third-order valence-corrected chi connectivity index (χ3v) is 2.94. The molecule has 17 heavy (non-hydrogen) atoms. The van der Waals surface area contributed by atoms with E-state index in [0.717, 1.165) is 6.42 Å². The highest BCUT2D eigenvalue weighted by atomic mass is 16.1. The Bertz CT molecular complexity index is 402. The predicted octanol–water partition coefficient (Wildman–Crippen LogP) is 2.21. The summed E-state index contributed by atoms with van der Waals surface area (Å²) in [6, 6.07) is 5.46. The van der Waals surface area contributed by atoms with Gasteiger partial charge in [-0.05, 0) is 24.5 Å². The number of benzene rings is 1. The quantitative estimate of drug-likeness (QED) is 0.684. The second-order valence-electron chi connectivity index (χ2n) is 4.54. The molecule has 1 atom stereocenters. The molecule has 0 heterocycles. The number of nitrogens with one attached hydrogen (secondary N) is 1. The van der Waals surface area contributed by atoms with Gasteiger partial charge < -0.3 is 16.8 Å². The van der Waals surface area contributed by atoms with Gasteiger partial charge in [-0.2, -0.15) is 0 Å². The van der Waals surface area contributed by atoms with E-state index in [4.69, 9.17) is 11.5 Å². The fourth-order valence-electron chi connectivity index (χ4n) is 1.86. The lowest BCUT2D eigenvalue weighted by Crippen LogP contribution is -2.27. The SMILES string of the molecule is CCC(Nc1c(N)cccc1C(N)=O)C(C)C. The summed E-state index contributed by atoms with van der Waals surface area (Å²) in [5.41, 5.74) is 12.9. The monoisotopic (exact) mass is 235 g/mol. The maximum atomic E-state index is 11.3. The number of hydrogen-bond acceptors (Lipinski definition) is 3. The van der Waals surface area contributed by atoms with Crippen molar-refractivity contribution in [2.24, 2.45) is 11.7 Å². The van der Waals surface area contributed by atoms with Gasteiger partial charge in [-0.1, -0.05) is 26.8 Å². The zero-order valence-electron chi connectivity index (χ0n) is 10.7. The summed E-state index contributed by atoms with van der Waals surface area (Å²) in [6.07, 6.45) is 0.963. The van der Waals surface area contributed by atoms with Gasteiger partial charge in [0, 0.05) is 6.04 Å². The van der Waals surface area contributed by atoms with Gasteiger partial charge in [-0.15, -0.1) is 0 Å². The molecule has 0 aliphatic carbocycles. The highest BCUT2D eigenvalue weighted by molar-refractivity contribution is 6.01. The van der Waals surface area contributed by atoms with Gasteiger partial charge >= 0.3 is 0 Å². The fourth-order valence-corrected chi connectivity index (χ4v) is 1.86. The number of rotatable bonds is 5. The molecule has 0 aliphatic heterocycles. The van der Waals surface area contributed by atoms with Gasteiger partial charge in [-0.25, -0.2) is 0 Å². The number of carbonyl (C=O) groups excluding carboxylic acids is 1. The number of amides is 1. The Morgan fingerprint density at radius 2 is 2.06 bits per heavy atom. The summed E-state index contributed by atoms with van der Waals surface area (Å²) >= 11 is 0. The number of nitrogens with two attached hydrogens (primary N) is 2. The Kier molecular flexibility index (Phi) is 4.37. The molecule has 94 valence electrons. The Hall–Kier alpha value is -1.71. The minimum atomic E-state index is -0.460. The molecular formula is C13H21N3O. The average Bonchev–Trinajstić information content (AvgIpc) is 2.26. The Morgan fingerprint density at radius 3 is 2.53 bits per heavy atom. The van der Waals surface area contributed by atoms with Crippen LogP contribution in [0.1, 0.15) is 37.6 Å². The number of carbonyl (C=O) groups is 1. The predicted molar refractivity (Wildman–Crippen MR) is 71.9 cm³/mol. The molecule has 0 fully saturated rings. The van der Waals surface area contributed by atoms with E-state index in [1.165, 1.54) is 0 Å². The summed E-state index contributed by atoms with van der Waals surface area (Å²) in [5.74, 6) is -0.00116. The van der Waals surface area contributed by atoms with Crippen molar-refractivity contribution in [3.8, 4) is 0 Å². The summed E-state index contributed by atoms with van der Waals surface area (Å²) in [7, 11) is 0. The van der Waals surface area contributed by atoms with Crippen molar-refractivity contribution in [3.63, 3.8) is 0 Å². The summed E-state index contributed by atoms with van der Waals surface area (Å²) < 4.78 is 0. The normalized spacial score (nSPS) is 12.5. The zero-order valence-corrected chi connectivity index (χ0v) is 10.7. The van der Waals surface area contributed by atoms with Gasteiger partial charge in [0.05, 0.1) is 16.9 Å². The highest BCUT2D eigenvalue weighted by Gasteiger charge is 2.16. The van der Waals surface area contributed by atoms with Crippen molar-refractivity contribution in [1.82, 2.24) is 0 Å². The van der Waals surface area contributed by atoms with E-state index in [-0.39, 0.29) is 6.04 Å². The van der Waals surface area contributed by atoms with Crippen molar-refractivity contribution in [2.75, 3.05) is 11.1 Å².